The van der Waals surface area contributed by atoms with Gasteiger partial charge in [-0.2, -0.15) is 0 Å². The average molecular weight is 403 g/mol. The molecule has 2 nitrogen and oxygen atoms in total. The normalized spacial score (nSPS) is 10.9. The van der Waals surface area contributed by atoms with Crippen LogP contribution in [0.1, 0.15) is 54.5 Å². The maximum Gasteiger partial charge on any atom is 0.120 e. The molecule has 0 saturated carbocycles. The van der Waals surface area contributed by atoms with E-state index in [9.17, 15) is 0 Å². The zero-order valence-electron chi connectivity index (χ0n) is 18.6. The molecule has 158 valence electrons. The van der Waals surface area contributed by atoms with Crippen LogP contribution in [0.25, 0.3) is 11.1 Å². The third kappa shape index (κ3) is 5.73. The molecule has 0 unspecified atom stereocenters. The van der Waals surface area contributed by atoms with Gasteiger partial charge < -0.3 is 9.84 Å². The fourth-order valence-corrected chi connectivity index (χ4v) is 3.86. The summed E-state index contributed by atoms with van der Waals surface area (Å²) in [5.74, 6) is 0.926. The van der Waals surface area contributed by atoms with Gasteiger partial charge >= 0.3 is 0 Å². The van der Waals surface area contributed by atoms with Crippen LogP contribution in [0.3, 0.4) is 0 Å². The highest BCUT2D eigenvalue weighted by atomic mass is 16.5. The lowest BCUT2D eigenvalue weighted by molar-refractivity contribution is 0.284. The molecule has 0 saturated heterocycles. The van der Waals surface area contributed by atoms with Crippen molar-refractivity contribution >= 4 is 0 Å². The maximum absolute atomic E-state index is 9.02. The van der Waals surface area contributed by atoms with Crippen molar-refractivity contribution in [2.24, 2.45) is 0 Å². The summed E-state index contributed by atoms with van der Waals surface area (Å²) in [5.41, 5.74) is 9.15. The Kier molecular flexibility index (Phi) is 8.10. The topological polar surface area (TPSA) is 29.5 Å². The van der Waals surface area contributed by atoms with Crippen LogP contribution in [0.4, 0.5) is 0 Å². The zero-order chi connectivity index (χ0) is 21.3. The summed E-state index contributed by atoms with van der Waals surface area (Å²) < 4.78 is 6.08. The first kappa shape index (κ1) is 22.1. The van der Waals surface area contributed by atoms with Crippen LogP contribution in [0.15, 0.2) is 60.7 Å². The fraction of sp³-hybridized carbons (Fsp3) is 0.357. The highest BCUT2D eigenvalue weighted by molar-refractivity contribution is 5.72. The van der Waals surface area contributed by atoms with E-state index in [1.54, 1.807) is 0 Å². The van der Waals surface area contributed by atoms with Crippen molar-refractivity contribution in [2.75, 3.05) is 6.61 Å². The van der Waals surface area contributed by atoms with Gasteiger partial charge in [0.25, 0.3) is 0 Å². The molecule has 3 aromatic rings. The predicted molar refractivity (Wildman–Crippen MR) is 126 cm³/mol. The van der Waals surface area contributed by atoms with Crippen molar-refractivity contribution < 1.29 is 9.84 Å². The van der Waals surface area contributed by atoms with Gasteiger partial charge in [0.1, 0.15) is 12.4 Å². The summed E-state index contributed by atoms with van der Waals surface area (Å²) in [5, 5.41) is 9.02. The second kappa shape index (κ2) is 11.0. The van der Waals surface area contributed by atoms with E-state index in [2.05, 4.69) is 81.4 Å². The second-order valence-electron chi connectivity index (χ2n) is 7.97. The zero-order valence-corrected chi connectivity index (χ0v) is 18.6. The molecule has 0 heterocycles. The van der Waals surface area contributed by atoms with Crippen molar-refractivity contribution in [3.63, 3.8) is 0 Å². The van der Waals surface area contributed by atoms with Crippen molar-refractivity contribution in [3.05, 3.63) is 88.5 Å². The third-order valence-electron chi connectivity index (χ3n) is 5.70. The van der Waals surface area contributed by atoms with E-state index in [1.165, 1.54) is 38.9 Å². The van der Waals surface area contributed by atoms with Gasteiger partial charge in [-0.25, -0.2) is 0 Å². The summed E-state index contributed by atoms with van der Waals surface area (Å²) in [6.45, 7) is 7.39. The van der Waals surface area contributed by atoms with Crippen LogP contribution in [0.5, 0.6) is 5.75 Å². The highest BCUT2D eigenvalue weighted by Gasteiger charge is 2.11. The first-order valence-electron chi connectivity index (χ1n) is 11.2. The lowest BCUT2D eigenvalue weighted by Gasteiger charge is -2.16. The van der Waals surface area contributed by atoms with Crippen molar-refractivity contribution in [1.82, 2.24) is 0 Å². The van der Waals surface area contributed by atoms with Crippen LogP contribution < -0.4 is 4.74 Å². The molecule has 3 aromatic carbocycles. The molecule has 30 heavy (non-hydrogen) atoms. The Hall–Kier alpha value is -2.58. The molecule has 0 aliphatic carbocycles. The van der Waals surface area contributed by atoms with E-state index in [0.717, 1.165) is 37.9 Å². The number of aryl methyl sites for hydroxylation is 4. The van der Waals surface area contributed by atoms with Gasteiger partial charge in [0.2, 0.25) is 0 Å². The fourth-order valence-electron chi connectivity index (χ4n) is 3.86. The molecule has 1 N–H and O–H groups in total. The summed E-state index contributed by atoms with van der Waals surface area (Å²) in [6, 6.07) is 21.9. The largest absolute Gasteiger partial charge is 0.489 e. The van der Waals surface area contributed by atoms with Crippen molar-refractivity contribution in [1.29, 1.82) is 0 Å². The molecule has 0 aliphatic rings. The number of benzene rings is 3. The third-order valence-corrected chi connectivity index (χ3v) is 5.70. The number of hydrogen-bond acceptors (Lipinski definition) is 2. The second-order valence-corrected chi connectivity index (χ2v) is 7.97. The minimum Gasteiger partial charge on any atom is -0.489 e. The van der Waals surface area contributed by atoms with E-state index in [0.29, 0.717) is 6.61 Å². The first-order valence-corrected chi connectivity index (χ1v) is 11.2. The molecule has 0 aromatic heterocycles. The van der Waals surface area contributed by atoms with Crippen molar-refractivity contribution in [2.45, 2.75) is 59.5 Å². The van der Waals surface area contributed by atoms with Crippen molar-refractivity contribution in [3.8, 4) is 16.9 Å². The molecular formula is C28H34O2. The Morgan fingerprint density at radius 1 is 0.733 bits per heavy atom. The number of rotatable bonds is 10. The maximum atomic E-state index is 9.02. The summed E-state index contributed by atoms with van der Waals surface area (Å²) in [4.78, 5) is 0. The van der Waals surface area contributed by atoms with E-state index >= 15 is 0 Å². The van der Waals surface area contributed by atoms with Gasteiger partial charge in [0.05, 0.1) is 0 Å². The molecule has 0 radical (unpaired) electrons. The van der Waals surface area contributed by atoms with Crippen LogP contribution in [-0.4, -0.2) is 11.7 Å². The highest BCUT2D eigenvalue weighted by Crippen LogP contribution is 2.32. The van der Waals surface area contributed by atoms with Gasteiger partial charge in [0, 0.05) is 6.61 Å². The molecule has 3 rings (SSSR count). The number of unbranched alkanes of at least 4 members (excludes halogenated alkanes) is 1. The molecule has 0 atom stereocenters. The molecule has 0 aliphatic heterocycles. The monoisotopic (exact) mass is 402 g/mol. The van der Waals surface area contributed by atoms with Gasteiger partial charge in [-0.3, -0.25) is 0 Å². The number of aliphatic hydroxyl groups excluding tert-OH is 1. The lowest BCUT2D eigenvalue weighted by atomic mass is 9.91. The van der Waals surface area contributed by atoms with E-state index in [-0.39, 0.29) is 6.61 Å². The van der Waals surface area contributed by atoms with Gasteiger partial charge in [-0.15, -0.1) is 0 Å². The molecule has 0 spiro atoms. The standard InChI is InChI=1S/C28H34O2/c1-4-24-18-22(8-6-7-17-29)13-15-27(24)28-16-14-26(19-25(28)5-2)30-20-23-11-9-21(3)10-12-23/h9-16,18-19,29H,4-8,17,20H2,1-3H3. The Morgan fingerprint density at radius 3 is 2.03 bits per heavy atom. The molecule has 0 amide bonds. The summed E-state index contributed by atoms with van der Waals surface area (Å²) in [7, 11) is 0. The Balaban J connectivity index is 1.79. The van der Waals surface area contributed by atoms with E-state index < -0.39 is 0 Å². The lowest BCUT2D eigenvalue weighted by Crippen LogP contribution is -1.99. The summed E-state index contributed by atoms with van der Waals surface area (Å²) in [6.07, 6.45) is 4.91. The average Bonchev–Trinajstić information content (AvgIpc) is 2.78. The number of ether oxygens (including phenoxy) is 1. The Bertz CT molecular complexity index is 941. The Morgan fingerprint density at radius 2 is 1.37 bits per heavy atom. The van der Waals surface area contributed by atoms with Gasteiger partial charge in [0.15, 0.2) is 0 Å². The quantitative estimate of drug-likeness (QED) is 0.383. The number of hydrogen-bond donors (Lipinski definition) is 1. The van der Waals surface area contributed by atoms with E-state index in [4.69, 9.17) is 9.84 Å². The predicted octanol–water partition coefficient (Wildman–Crippen LogP) is 6.68. The van der Waals surface area contributed by atoms with Crippen LogP contribution in [0, 0.1) is 6.92 Å². The SMILES string of the molecule is CCc1cc(CCCCO)ccc1-c1ccc(OCc2ccc(C)cc2)cc1CC. The van der Waals surface area contributed by atoms with Crippen LogP contribution in [-0.2, 0) is 25.9 Å². The van der Waals surface area contributed by atoms with Crippen LogP contribution in [0.2, 0.25) is 0 Å². The van der Waals surface area contributed by atoms with Gasteiger partial charge in [-0.1, -0.05) is 67.9 Å². The van der Waals surface area contributed by atoms with E-state index in [1.807, 2.05) is 0 Å². The van der Waals surface area contributed by atoms with Crippen LogP contribution >= 0.6 is 0 Å². The van der Waals surface area contributed by atoms with Gasteiger partial charge in [-0.05, 0) is 84.5 Å². The molecule has 2 heteroatoms. The minimum absolute atomic E-state index is 0.275. The molecular weight excluding hydrogens is 368 g/mol. The number of aliphatic hydroxyl groups is 1. The molecule has 0 bridgehead atoms. The minimum atomic E-state index is 0.275. The first-order chi connectivity index (χ1) is 14.6. The smallest absolute Gasteiger partial charge is 0.120 e. The Labute approximate surface area is 181 Å². The summed E-state index contributed by atoms with van der Waals surface area (Å²) >= 11 is 0. The molecule has 0 fully saturated rings.